The number of aliphatic hydroxyl groups is 2. The van der Waals surface area contributed by atoms with Crippen molar-refractivity contribution in [2.75, 3.05) is 36.1 Å². The first-order valence-corrected chi connectivity index (χ1v) is 9.83. The standard InChI is InChI=1S/C8H20N2O4S3.C2HF3O2/c9-1-2-10-17(13,14)4-3-16-6-8(12)7(11)5-15;3-2(4,5)1(6)7/h7-8,10-12,15H,1-6,9H2;(H,6,7). The van der Waals surface area contributed by atoms with E-state index in [0.29, 0.717) is 5.75 Å². The van der Waals surface area contributed by atoms with E-state index in [1.807, 2.05) is 0 Å². The molecule has 0 rings (SSSR count). The van der Waals surface area contributed by atoms with Crippen LogP contribution in [0.25, 0.3) is 0 Å². The number of hydrogen-bond acceptors (Lipinski definition) is 8. The Morgan fingerprint density at radius 1 is 1.29 bits per heavy atom. The molecular weight excluding hydrogens is 397 g/mol. The van der Waals surface area contributed by atoms with Crippen molar-refractivity contribution in [3.05, 3.63) is 0 Å². The minimum absolute atomic E-state index is 0.0264. The van der Waals surface area contributed by atoms with Crippen LogP contribution in [0.5, 0.6) is 0 Å². The van der Waals surface area contributed by atoms with Crippen LogP contribution in [-0.4, -0.2) is 84.2 Å². The third-order valence-corrected chi connectivity index (χ3v) is 5.21. The number of aliphatic hydroxyl groups excluding tert-OH is 2. The Hall–Kier alpha value is -0.250. The molecule has 24 heavy (non-hydrogen) atoms. The molecule has 2 atom stereocenters. The molecule has 0 spiro atoms. The summed E-state index contributed by atoms with van der Waals surface area (Å²) in [5.41, 5.74) is 5.18. The van der Waals surface area contributed by atoms with E-state index in [1.54, 1.807) is 0 Å². The molecule has 146 valence electrons. The summed E-state index contributed by atoms with van der Waals surface area (Å²) >= 11 is 5.12. The minimum atomic E-state index is -5.08. The number of hydrogen-bond donors (Lipinski definition) is 6. The molecule has 0 aromatic carbocycles. The highest BCUT2D eigenvalue weighted by atomic mass is 32.2. The fourth-order valence-electron chi connectivity index (χ4n) is 0.892. The van der Waals surface area contributed by atoms with Gasteiger partial charge >= 0.3 is 12.1 Å². The first-order chi connectivity index (χ1) is 10.9. The second-order valence-electron chi connectivity index (χ2n) is 4.20. The Labute approximate surface area is 147 Å². The predicted molar refractivity (Wildman–Crippen MR) is 87.7 cm³/mol. The molecule has 0 radical (unpaired) electrons. The number of nitrogens with two attached hydrogens (primary N) is 1. The maximum atomic E-state index is 11.3. The Morgan fingerprint density at radius 2 is 1.79 bits per heavy atom. The Morgan fingerprint density at radius 3 is 2.17 bits per heavy atom. The van der Waals surface area contributed by atoms with Crippen molar-refractivity contribution in [3.8, 4) is 0 Å². The third-order valence-electron chi connectivity index (χ3n) is 2.13. The highest BCUT2D eigenvalue weighted by Crippen LogP contribution is 2.13. The third kappa shape index (κ3) is 15.3. The van der Waals surface area contributed by atoms with Gasteiger partial charge in [0.15, 0.2) is 0 Å². The number of carbonyl (C=O) groups is 1. The molecule has 0 saturated carbocycles. The van der Waals surface area contributed by atoms with Gasteiger partial charge in [-0.25, -0.2) is 17.9 Å². The number of alkyl halides is 3. The lowest BCUT2D eigenvalue weighted by Crippen LogP contribution is -2.32. The Balaban J connectivity index is 0. The summed E-state index contributed by atoms with van der Waals surface area (Å²) in [7, 11) is -3.28. The molecule has 0 bridgehead atoms. The van der Waals surface area contributed by atoms with Crippen molar-refractivity contribution in [2.24, 2.45) is 5.73 Å². The Kier molecular flexibility index (Phi) is 14.1. The number of carboxylic acids is 1. The summed E-state index contributed by atoms with van der Waals surface area (Å²) in [5, 5.41) is 25.7. The van der Waals surface area contributed by atoms with Crippen molar-refractivity contribution >= 4 is 40.4 Å². The minimum Gasteiger partial charge on any atom is -0.475 e. The average molecular weight is 418 g/mol. The lowest BCUT2D eigenvalue weighted by atomic mass is 10.3. The molecule has 0 heterocycles. The van der Waals surface area contributed by atoms with Gasteiger partial charge in [0.2, 0.25) is 10.0 Å². The second kappa shape index (κ2) is 13.0. The predicted octanol–water partition coefficient (Wildman–Crippen LogP) is -1.12. The molecule has 0 aromatic heterocycles. The van der Waals surface area contributed by atoms with Gasteiger partial charge in [-0.05, 0) is 0 Å². The van der Waals surface area contributed by atoms with E-state index in [9.17, 15) is 31.8 Å². The number of rotatable bonds is 10. The first kappa shape index (κ1) is 26.0. The van der Waals surface area contributed by atoms with Gasteiger partial charge in [-0.3, -0.25) is 0 Å². The topological polar surface area (TPSA) is 150 Å². The van der Waals surface area contributed by atoms with Crippen LogP contribution in [0.15, 0.2) is 0 Å². The summed E-state index contributed by atoms with van der Waals surface area (Å²) in [6.07, 6.45) is -6.84. The molecule has 0 aromatic rings. The van der Waals surface area contributed by atoms with Crippen LogP contribution < -0.4 is 10.5 Å². The number of nitrogens with one attached hydrogen (secondary N) is 1. The zero-order chi connectivity index (χ0) is 19.4. The van der Waals surface area contributed by atoms with E-state index in [0.717, 1.165) is 0 Å². The number of carboxylic acid groups (broad SMARTS) is 1. The average Bonchev–Trinajstić information content (AvgIpc) is 2.48. The molecule has 0 aliphatic carbocycles. The molecule has 14 heteroatoms. The van der Waals surface area contributed by atoms with E-state index in [1.165, 1.54) is 11.8 Å². The lowest BCUT2D eigenvalue weighted by molar-refractivity contribution is -0.192. The lowest BCUT2D eigenvalue weighted by Gasteiger charge is -2.15. The van der Waals surface area contributed by atoms with Gasteiger partial charge < -0.3 is 21.1 Å². The van der Waals surface area contributed by atoms with Gasteiger partial charge in [0.25, 0.3) is 0 Å². The number of sulfonamides is 1. The summed E-state index contributed by atoms with van der Waals surface area (Å²) in [6.45, 7) is 0.493. The smallest absolute Gasteiger partial charge is 0.475 e. The number of halogens is 3. The quantitative estimate of drug-likeness (QED) is 0.193. The van der Waals surface area contributed by atoms with Gasteiger partial charge in [0.1, 0.15) is 0 Å². The number of aliphatic carboxylic acids is 1. The molecule has 8 nitrogen and oxygen atoms in total. The highest BCUT2D eigenvalue weighted by Gasteiger charge is 2.38. The molecule has 0 aliphatic rings. The van der Waals surface area contributed by atoms with Crippen LogP contribution in [0.4, 0.5) is 13.2 Å². The van der Waals surface area contributed by atoms with Crippen molar-refractivity contribution in [2.45, 2.75) is 18.4 Å². The summed E-state index contributed by atoms with van der Waals surface area (Å²) < 4.78 is 56.7. The summed E-state index contributed by atoms with van der Waals surface area (Å²) in [6, 6.07) is 0. The highest BCUT2D eigenvalue weighted by molar-refractivity contribution is 8.00. The molecule has 0 saturated heterocycles. The van der Waals surface area contributed by atoms with E-state index in [4.69, 9.17) is 15.6 Å². The maximum absolute atomic E-state index is 11.3. The van der Waals surface area contributed by atoms with Crippen molar-refractivity contribution in [1.29, 1.82) is 0 Å². The van der Waals surface area contributed by atoms with Gasteiger partial charge in [-0.15, -0.1) is 0 Å². The van der Waals surface area contributed by atoms with Gasteiger partial charge in [0, 0.05) is 30.3 Å². The van der Waals surface area contributed by atoms with Crippen LogP contribution in [0, 0.1) is 0 Å². The van der Waals surface area contributed by atoms with Crippen LogP contribution in [0.1, 0.15) is 0 Å². The molecule has 0 amide bonds. The van der Waals surface area contributed by atoms with Gasteiger partial charge in [0.05, 0.1) is 18.0 Å². The molecule has 0 aliphatic heterocycles. The largest absolute Gasteiger partial charge is 0.490 e. The van der Waals surface area contributed by atoms with E-state index < -0.39 is 34.4 Å². The maximum Gasteiger partial charge on any atom is 0.490 e. The van der Waals surface area contributed by atoms with Crippen molar-refractivity contribution < 1.29 is 41.7 Å². The van der Waals surface area contributed by atoms with E-state index in [2.05, 4.69) is 17.4 Å². The molecule has 2 unspecified atom stereocenters. The molecule has 0 fully saturated rings. The fraction of sp³-hybridized carbons (Fsp3) is 0.900. The zero-order valence-electron chi connectivity index (χ0n) is 12.4. The van der Waals surface area contributed by atoms with Crippen LogP contribution >= 0.6 is 24.4 Å². The van der Waals surface area contributed by atoms with E-state index >= 15 is 0 Å². The molecule has 6 N–H and O–H groups in total. The molecular formula is C10H21F3N2O6S3. The SMILES string of the molecule is NCCNS(=O)(=O)CCSCC(O)C(O)CS.O=C(O)C(F)(F)F. The van der Waals surface area contributed by atoms with Crippen LogP contribution in [-0.2, 0) is 14.8 Å². The van der Waals surface area contributed by atoms with E-state index in [-0.39, 0.29) is 30.3 Å². The van der Waals surface area contributed by atoms with Gasteiger partial charge in [-0.1, -0.05) is 0 Å². The summed E-state index contributed by atoms with van der Waals surface area (Å²) in [5.74, 6) is -1.96. The Bertz CT molecular complexity index is 450. The first-order valence-electron chi connectivity index (χ1n) is 6.39. The second-order valence-corrected chi connectivity index (χ2v) is 7.64. The monoisotopic (exact) mass is 418 g/mol. The zero-order valence-corrected chi connectivity index (χ0v) is 15.0. The fourth-order valence-corrected chi connectivity index (χ4v) is 3.69. The van der Waals surface area contributed by atoms with Gasteiger partial charge in [-0.2, -0.15) is 37.6 Å². The van der Waals surface area contributed by atoms with Crippen molar-refractivity contribution in [3.63, 3.8) is 0 Å². The normalized spacial score (nSPS) is 14.5. The van der Waals surface area contributed by atoms with Crippen molar-refractivity contribution in [1.82, 2.24) is 4.72 Å². The summed E-state index contributed by atoms with van der Waals surface area (Å²) in [4.78, 5) is 8.90. The van der Waals surface area contributed by atoms with Crippen LogP contribution in [0.3, 0.4) is 0 Å². The number of thioether (sulfide) groups is 1. The number of thiol groups is 1. The van der Waals surface area contributed by atoms with Crippen LogP contribution in [0.2, 0.25) is 0 Å².